The SMILES string of the molecule is CCCCCCCCCCCc1ccc(O)c(Oc2ccccc2)c1S(=O)(=O)O. The van der Waals surface area contributed by atoms with Crippen molar-refractivity contribution in [3.05, 3.63) is 48.0 Å². The predicted molar refractivity (Wildman–Crippen MR) is 115 cm³/mol. The second-order valence-corrected chi connectivity index (χ2v) is 8.73. The van der Waals surface area contributed by atoms with Gasteiger partial charge in [-0.2, -0.15) is 8.42 Å². The summed E-state index contributed by atoms with van der Waals surface area (Å²) in [5.41, 5.74) is 0.458. The zero-order chi connectivity index (χ0) is 21.1. The minimum Gasteiger partial charge on any atom is -0.504 e. The normalized spacial score (nSPS) is 11.5. The molecular weight excluding hydrogens is 388 g/mol. The average molecular weight is 421 g/mol. The van der Waals surface area contributed by atoms with Crippen LogP contribution in [0.25, 0.3) is 0 Å². The van der Waals surface area contributed by atoms with Crippen molar-refractivity contribution in [2.75, 3.05) is 0 Å². The van der Waals surface area contributed by atoms with Gasteiger partial charge in [-0.1, -0.05) is 82.6 Å². The number of phenols is 1. The molecule has 2 aromatic carbocycles. The number of rotatable bonds is 13. The van der Waals surface area contributed by atoms with E-state index in [1.807, 2.05) is 0 Å². The van der Waals surface area contributed by atoms with Crippen molar-refractivity contribution in [2.24, 2.45) is 0 Å². The van der Waals surface area contributed by atoms with Crippen molar-refractivity contribution in [3.8, 4) is 17.2 Å². The van der Waals surface area contributed by atoms with Crippen molar-refractivity contribution in [1.29, 1.82) is 0 Å². The highest BCUT2D eigenvalue weighted by atomic mass is 32.2. The quantitative estimate of drug-likeness (QED) is 0.285. The highest BCUT2D eigenvalue weighted by Gasteiger charge is 2.25. The number of aromatic hydroxyl groups is 1. The van der Waals surface area contributed by atoms with Gasteiger partial charge >= 0.3 is 0 Å². The van der Waals surface area contributed by atoms with Crippen LogP contribution in [0.1, 0.15) is 70.3 Å². The molecule has 0 amide bonds. The van der Waals surface area contributed by atoms with Gasteiger partial charge in [0.2, 0.25) is 0 Å². The fourth-order valence-corrected chi connectivity index (χ4v) is 4.29. The molecule has 0 unspecified atom stereocenters. The number of para-hydroxylation sites is 1. The van der Waals surface area contributed by atoms with Crippen molar-refractivity contribution in [2.45, 2.75) is 76.0 Å². The molecule has 5 nitrogen and oxygen atoms in total. The number of phenolic OH excluding ortho intramolecular Hbond substituents is 1. The summed E-state index contributed by atoms with van der Waals surface area (Å²) in [7, 11) is -4.55. The third-order valence-electron chi connectivity index (χ3n) is 4.94. The van der Waals surface area contributed by atoms with Gasteiger partial charge in [-0.15, -0.1) is 0 Å². The van der Waals surface area contributed by atoms with Crippen LogP contribution in [0.2, 0.25) is 0 Å². The Balaban J connectivity index is 2.02. The molecule has 0 atom stereocenters. The second kappa shape index (κ2) is 11.8. The maximum atomic E-state index is 12.0. The molecule has 2 aromatic rings. The summed E-state index contributed by atoms with van der Waals surface area (Å²) >= 11 is 0. The molecular formula is C23H32O5S. The van der Waals surface area contributed by atoms with Crippen LogP contribution < -0.4 is 4.74 Å². The van der Waals surface area contributed by atoms with E-state index in [4.69, 9.17) is 4.74 Å². The van der Waals surface area contributed by atoms with Crippen LogP contribution in [0.3, 0.4) is 0 Å². The fraction of sp³-hybridized carbons (Fsp3) is 0.478. The van der Waals surface area contributed by atoms with Crippen molar-refractivity contribution >= 4 is 10.1 Å². The van der Waals surface area contributed by atoms with Gasteiger partial charge in [0.25, 0.3) is 10.1 Å². The molecule has 2 N–H and O–H groups in total. The van der Waals surface area contributed by atoms with Crippen LogP contribution in [-0.2, 0) is 16.5 Å². The van der Waals surface area contributed by atoms with E-state index in [9.17, 15) is 18.1 Å². The lowest BCUT2D eigenvalue weighted by Crippen LogP contribution is -2.06. The van der Waals surface area contributed by atoms with Crippen LogP contribution >= 0.6 is 0 Å². The molecule has 0 aliphatic carbocycles. The van der Waals surface area contributed by atoms with Crippen LogP contribution in [0.4, 0.5) is 0 Å². The molecule has 0 aliphatic rings. The first kappa shape index (κ1) is 23.2. The average Bonchev–Trinajstić information content (AvgIpc) is 2.69. The lowest BCUT2D eigenvalue weighted by atomic mass is 10.0. The number of hydrogen-bond donors (Lipinski definition) is 2. The number of benzene rings is 2. The van der Waals surface area contributed by atoms with Crippen LogP contribution in [0.15, 0.2) is 47.4 Å². The van der Waals surface area contributed by atoms with Crippen molar-refractivity contribution < 1.29 is 22.8 Å². The molecule has 0 spiro atoms. The van der Waals surface area contributed by atoms with E-state index in [-0.39, 0.29) is 16.4 Å². The maximum Gasteiger partial charge on any atom is 0.298 e. The summed E-state index contributed by atoms with van der Waals surface area (Å²) < 4.78 is 39.5. The molecule has 0 heterocycles. The lowest BCUT2D eigenvalue weighted by molar-refractivity contribution is 0.395. The van der Waals surface area contributed by atoms with E-state index in [1.165, 1.54) is 44.6 Å². The molecule has 0 radical (unpaired) electrons. The van der Waals surface area contributed by atoms with Gasteiger partial charge < -0.3 is 9.84 Å². The van der Waals surface area contributed by atoms with Gasteiger partial charge in [-0.25, -0.2) is 0 Å². The summed E-state index contributed by atoms with van der Waals surface area (Å²) in [4.78, 5) is -0.346. The maximum absolute atomic E-state index is 12.0. The summed E-state index contributed by atoms with van der Waals surface area (Å²) in [6, 6.07) is 11.5. The van der Waals surface area contributed by atoms with E-state index in [0.29, 0.717) is 17.7 Å². The first-order valence-corrected chi connectivity index (χ1v) is 11.9. The molecule has 160 valence electrons. The third-order valence-corrected chi connectivity index (χ3v) is 5.91. The standard InChI is InChI=1S/C23H32O5S/c1-2-3-4-5-6-7-8-9-11-14-19-17-18-21(24)22(23(19)29(25,26)27)28-20-15-12-10-13-16-20/h10,12-13,15-18,24H,2-9,11,14H2,1H3,(H,25,26,27). The monoisotopic (exact) mass is 420 g/mol. The Kier molecular flexibility index (Phi) is 9.48. The van der Waals surface area contributed by atoms with Crippen molar-refractivity contribution in [3.63, 3.8) is 0 Å². The predicted octanol–water partition coefficient (Wildman–Crippen LogP) is 6.50. The highest BCUT2D eigenvalue weighted by molar-refractivity contribution is 7.86. The second-order valence-electron chi connectivity index (χ2n) is 7.37. The van der Waals surface area contributed by atoms with Crippen LogP contribution in [0, 0.1) is 0 Å². The molecule has 0 saturated carbocycles. The zero-order valence-electron chi connectivity index (χ0n) is 17.1. The van der Waals surface area contributed by atoms with Crippen LogP contribution in [0.5, 0.6) is 17.2 Å². The van der Waals surface area contributed by atoms with Gasteiger partial charge in [0.05, 0.1) is 0 Å². The van der Waals surface area contributed by atoms with Gasteiger partial charge in [0.1, 0.15) is 10.6 Å². The number of unbranched alkanes of at least 4 members (excludes halogenated alkanes) is 8. The summed E-state index contributed by atoms with van der Waals surface area (Å²) in [6.07, 6.45) is 11.0. The topological polar surface area (TPSA) is 83.8 Å². The minimum atomic E-state index is -4.55. The molecule has 0 aromatic heterocycles. The number of ether oxygens (including phenoxy) is 1. The largest absolute Gasteiger partial charge is 0.504 e. The zero-order valence-corrected chi connectivity index (χ0v) is 18.0. The van der Waals surface area contributed by atoms with Gasteiger partial charge in [-0.3, -0.25) is 4.55 Å². The molecule has 29 heavy (non-hydrogen) atoms. The minimum absolute atomic E-state index is 0.230. The van der Waals surface area contributed by atoms with E-state index in [1.54, 1.807) is 36.4 Å². The first-order chi connectivity index (χ1) is 13.9. The summed E-state index contributed by atoms with van der Waals surface area (Å²) in [5, 5.41) is 10.2. The summed E-state index contributed by atoms with van der Waals surface area (Å²) in [5.74, 6) is -0.169. The van der Waals surface area contributed by atoms with Gasteiger partial charge in [0.15, 0.2) is 11.5 Å². The Morgan fingerprint density at radius 1 is 0.828 bits per heavy atom. The Hall–Kier alpha value is -2.05. The van der Waals surface area contributed by atoms with Crippen LogP contribution in [-0.4, -0.2) is 18.1 Å². The van der Waals surface area contributed by atoms with Gasteiger partial charge in [-0.05, 0) is 36.6 Å². The Morgan fingerprint density at radius 2 is 1.41 bits per heavy atom. The third kappa shape index (κ3) is 7.71. The van der Waals surface area contributed by atoms with E-state index >= 15 is 0 Å². The van der Waals surface area contributed by atoms with E-state index < -0.39 is 10.1 Å². The molecule has 0 saturated heterocycles. The first-order valence-electron chi connectivity index (χ1n) is 10.5. The summed E-state index contributed by atoms with van der Waals surface area (Å²) in [6.45, 7) is 2.21. The smallest absolute Gasteiger partial charge is 0.298 e. The Bertz CT molecular complexity index is 847. The van der Waals surface area contributed by atoms with E-state index in [2.05, 4.69) is 6.92 Å². The Labute approximate surface area is 174 Å². The molecule has 2 rings (SSSR count). The highest BCUT2D eigenvalue weighted by Crippen LogP contribution is 2.39. The molecule has 0 bridgehead atoms. The Morgan fingerprint density at radius 3 is 2.00 bits per heavy atom. The molecule has 0 fully saturated rings. The van der Waals surface area contributed by atoms with E-state index in [0.717, 1.165) is 19.3 Å². The lowest BCUT2D eigenvalue weighted by Gasteiger charge is -2.15. The molecule has 0 aliphatic heterocycles. The number of hydrogen-bond acceptors (Lipinski definition) is 4. The van der Waals surface area contributed by atoms with Gasteiger partial charge in [0, 0.05) is 0 Å². The molecule has 6 heteroatoms. The van der Waals surface area contributed by atoms with Crippen molar-refractivity contribution in [1.82, 2.24) is 0 Å². The fourth-order valence-electron chi connectivity index (χ4n) is 3.40. The number of aryl methyl sites for hydroxylation is 1.